The van der Waals surface area contributed by atoms with Crippen molar-refractivity contribution in [2.75, 3.05) is 11.9 Å². The number of hydrogen-bond acceptors (Lipinski definition) is 3. The lowest BCUT2D eigenvalue weighted by atomic mass is 10.1. The van der Waals surface area contributed by atoms with Gasteiger partial charge in [0.15, 0.2) is 11.5 Å². The van der Waals surface area contributed by atoms with Crippen LogP contribution in [-0.2, 0) is 6.54 Å². The lowest BCUT2D eigenvalue weighted by Gasteiger charge is -2.12. The number of aromatic hydroxyl groups is 1. The SMILES string of the molecule is CCOc1cccc(CNc2ccc(Br)c(C)c2)c1O. The van der Waals surface area contributed by atoms with Crippen LogP contribution in [0.5, 0.6) is 11.5 Å². The molecule has 2 N–H and O–H groups in total. The first-order valence-corrected chi connectivity index (χ1v) is 7.34. The summed E-state index contributed by atoms with van der Waals surface area (Å²) in [6.45, 7) is 5.03. The summed E-state index contributed by atoms with van der Waals surface area (Å²) in [7, 11) is 0. The average Bonchev–Trinajstić information content (AvgIpc) is 2.44. The lowest BCUT2D eigenvalue weighted by Crippen LogP contribution is -2.01. The van der Waals surface area contributed by atoms with Gasteiger partial charge >= 0.3 is 0 Å². The summed E-state index contributed by atoms with van der Waals surface area (Å²) in [5, 5.41) is 13.4. The molecule has 2 rings (SSSR count). The summed E-state index contributed by atoms with van der Waals surface area (Å²) in [6.07, 6.45) is 0. The molecule has 0 bridgehead atoms. The summed E-state index contributed by atoms with van der Waals surface area (Å²) in [4.78, 5) is 0. The standard InChI is InChI=1S/C16H18BrNO2/c1-3-20-15-6-4-5-12(16(15)19)10-18-13-7-8-14(17)11(2)9-13/h4-9,18-19H,3,10H2,1-2H3. The fourth-order valence-electron chi connectivity index (χ4n) is 1.93. The Hall–Kier alpha value is -1.68. The van der Waals surface area contributed by atoms with Crippen molar-refractivity contribution in [2.24, 2.45) is 0 Å². The highest BCUT2D eigenvalue weighted by Gasteiger charge is 2.07. The van der Waals surface area contributed by atoms with Gasteiger partial charge in [0.2, 0.25) is 0 Å². The third-order valence-electron chi connectivity index (χ3n) is 3.02. The smallest absolute Gasteiger partial charge is 0.162 e. The predicted molar refractivity (Wildman–Crippen MR) is 85.5 cm³/mol. The lowest BCUT2D eigenvalue weighted by molar-refractivity contribution is 0.317. The molecule has 0 aliphatic rings. The first kappa shape index (κ1) is 14.7. The van der Waals surface area contributed by atoms with Crippen LogP contribution >= 0.6 is 15.9 Å². The number of rotatable bonds is 5. The fourth-order valence-corrected chi connectivity index (χ4v) is 2.18. The second-order valence-electron chi connectivity index (χ2n) is 4.51. The van der Waals surface area contributed by atoms with E-state index in [1.54, 1.807) is 6.07 Å². The molecule has 20 heavy (non-hydrogen) atoms. The number of nitrogens with one attached hydrogen (secondary N) is 1. The summed E-state index contributed by atoms with van der Waals surface area (Å²) < 4.78 is 6.47. The Morgan fingerprint density at radius 2 is 2.05 bits per heavy atom. The Labute approximate surface area is 127 Å². The van der Waals surface area contributed by atoms with E-state index >= 15 is 0 Å². The van der Waals surface area contributed by atoms with Crippen molar-refractivity contribution in [1.82, 2.24) is 0 Å². The van der Waals surface area contributed by atoms with Crippen molar-refractivity contribution in [2.45, 2.75) is 20.4 Å². The molecule has 0 unspecified atom stereocenters. The number of para-hydroxylation sites is 1. The Kier molecular flexibility index (Phi) is 4.90. The molecule has 0 saturated heterocycles. The van der Waals surface area contributed by atoms with Gasteiger partial charge in [-0.1, -0.05) is 28.1 Å². The van der Waals surface area contributed by atoms with Crippen LogP contribution in [-0.4, -0.2) is 11.7 Å². The third-order valence-corrected chi connectivity index (χ3v) is 3.91. The quantitative estimate of drug-likeness (QED) is 0.846. The zero-order valence-corrected chi connectivity index (χ0v) is 13.2. The molecule has 0 fully saturated rings. The number of phenolic OH excluding ortho intramolecular Hbond substituents is 1. The van der Waals surface area contributed by atoms with Gasteiger partial charge in [-0.15, -0.1) is 0 Å². The molecule has 0 saturated carbocycles. The van der Waals surface area contributed by atoms with Gasteiger partial charge in [0.25, 0.3) is 0 Å². The van der Waals surface area contributed by atoms with E-state index in [-0.39, 0.29) is 5.75 Å². The van der Waals surface area contributed by atoms with Crippen LogP contribution in [0.1, 0.15) is 18.1 Å². The molecule has 0 heterocycles. The van der Waals surface area contributed by atoms with Gasteiger partial charge in [0, 0.05) is 22.3 Å². The second-order valence-corrected chi connectivity index (χ2v) is 5.37. The molecule has 0 aromatic heterocycles. The van der Waals surface area contributed by atoms with E-state index < -0.39 is 0 Å². The van der Waals surface area contributed by atoms with E-state index in [4.69, 9.17) is 4.74 Å². The minimum atomic E-state index is 0.204. The maximum Gasteiger partial charge on any atom is 0.162 e. The molecule has 0 aliphatic carbocycles. The highest BCUT2D eigenvalue weighted by atomic mass is 79.9. The van der Waals surface area contributed by atoms with Crippen molar-refractivity contribution in [3.8, 4) is 11.5 Å². The van der Waals surface area contributed by atoms with Gasteiger partial charge in [0.1, 0.15) is 0 Å². The van der Waals surface area contributed by atoms with Crippen LogP contribution in [0.3, 0.4) is 0 Å². The van der Waals surface area contributed by atoms with Crippen LogP contribution in [0.25, 0.3) is 0 Å². The summed E-state index contributed by atoms with van der Waals surface area (Å²) in [6, 6.07) is 11.6. The van der Waals surface area contributed by atoms with Gasteiger partial charge < -0.3 is 15.2 Å². The number of ether oxygens (including phenoxy) is 1. The van der Waals surface area contributed by atoms with E-state index in [1.165, 1.54) is 5.56 Å². The number of phenols is 1. The van der Waals surface area contributed by atoms with Gasteiger partial charge in [-0.3, -0.25) is 0 Å². The molecule has 2 aromatic carbocycles. The third kappa shape index (κ3) is 3.45. The van der Waals surface area contributed by atoms with Crippen LogP contribution in [0.2, 0.25) is 0 Å². The minimum absolute atomic E-state index is 0.204. The number of benzene rings is 2. The van der Waals surface area contributed by atoms with Crippen LogP contribution in [0.4, 0.5) is 5.69 Å². The van der Waals surface area contributed by atoms with E-state index in [2.05, 4.69) is 27.3 Å². The zero-order chi connectivity index (χ0) is 14.5. The fraction of sp³-hybridized carbons (Fsp3) is 0.250. The van der Waals surface area contributed by atoms with Crippen molar-refractivity contribution < 1.29 is 9.84 Å². The van der Waals surface area contributed by atoms with Gasteiger partial charge in [-0.25, -0.2) is 0 Å². The Morgan fingerprint density at radius 3 is 2.75 bits per heavy atom. The molecular weight excluding hydrogens is 318 g/mol. The van der Waals surface area contributed by atoms with Crippen LogP contribution < -0.4 is 10.1 Å². The minimum Gasteiger partial charge on any atom is -0.504 e. The zero-order valence-electron chi connectivity index (χ0n) is 11.6. The topological polar surface area (TPSA) is 41.5 Å². The van der Waals surface area contributed by atoms with Gasteiger partial charge in [-0.2, -0.15) is 0 Å². The van der Waals surface area contributed by atoms with E-state index in [9.17, 15) is 5.11 Å². The molecule has 0 aliphatic heterocycles. The average molecular weight is 336 g/mol. The Morgan fingerprint density at radius 1 is 1.25 bits per heavy atom. The first-order chi connectivity index (χ1) is 9.61. The van der Waals surface area contributed by atoms with Crippen LogP contribution in [0.15, 0.2) is 40.9 Å². The number of anilines is 1. The largest absolute Gasteiger partial charge is 0.504 e. The van der Waals surface area contributed by atoms with E-state index in [0.29, 0.717) is 18.9 Å². The Bertz CT molecular complexity index is 599. The highest BCUT2D eigenvalue weighted by molar-refractivity contribution is 9.10. The summed E-state index contributed by atoms with van der Waals surface area (Å²) >= 11 is 3.48. The van der Waals surface area contributed by atoms with E-state index in [1.807, 2.05) is 38.1 Å². The second kappa shape index (κ2) is 6.66. The maximum absolute atomic E-state index is 10.1. The van der Waals surface area contributed by atoms with Crippen molar-refractivity contribution in [3.63, 3.8) is 0 Å². The monoisotopic (exact) mass is 335 g/mol. The first-order valence-electron chi connectivity index (χ1n) is 6.55. The molecule has 4 heteroatoms. The molecule has 0 radical (unpaired) electrons. The molecule has 0 atom stereocenters. The van der Waals surface area contributed by atoms with Gasteiger partial charge in [-0.05, 0) is 43.7 Å². The predicted octanol–water partition coefficient (Wildman–Crippen LogP) is 4.47. The molecular formula is C16H18BrNO2. The number of aryl methyl sites for hydroxylation is 1. The maximum atomic E-state index is 10.1. The summed E-state index contributed by atoms with van der Waals surface area (Å²) in [5.41, 5.74) is 3.01. The van der Waals surface area contributed by atoms with Crippen LogP contribution in [0, 0.1) is 6.92 Å². The molecule has 2 aromatic rings. The molecule has 3 nitrogen and oxygen atoms in total. The highest BCUT2D eigenvalue weighted by Crippen LogP contribution is 2.30. The van der Waals surface area contributed by atoms with Crippen molar-refractivity contribution >= 4 is 21.6 Å². The van der Waals surface area contributed by atoms with Gasteiger partial charge in [0.05, 0.1) is 6.61 Å². The number of hydrogen-bond donors (Lipinski definition) is 2. The van der Waals surface area contributed by atoms with Crippen molar-refractivity contribution in [3.05, 3.63) is 52.0 Å². The molecule has 106 valence electrons. The normalized spacial score (nSPS) is 10.3. The summed E-state index contributed by atoms with van der Waals surface area (Å²) in [5.74, 6) is 0.731. The van der Waals surface area contributed by atoms with Crippen molar-refractivity contribution in [1.29, 1.82) is 0 Å². The number of halogens is 1. The molecule has 0 spiro atoms. The Balaban J connectivity index is 2.10. The molecule has 0 amide bonds. The van der Waals surface area contributed by atoms with E-state index in [0.717, 1.165) is 15.7 Å².